The fourth-order valence-electron chi connectivity index (χ4n) is 3.70. The summed E-state index contributed by atoms with van der Waals surface area (Å²) in [6.45, 7) is 0.418. The van der Waals surface area contributed by atoms with E-state index in [4.69, 9.17) is 11.6 Å². The highest BCUT2D eigenvalue weighted by Gasteiger charge is 2.36. The van der Waals surface area contributed by atoms with Gasteiger partial charge in [0.25, 0.3) is 0 Å². The molecule has 0 N–H and O–H groups in total. The van der Waals surface area contributed by atoms with Crippen molar-refractivity contribution in [2.75, 3.05) is 13.1 Å². The maximum Gasteiger partial charge on any atom is 0.347 e. The number of hydrogen-bond donors (Lipinski definition) is 0. The molecule has 2 aromatic heterocycles. The lowest BCUT2D eigenvalue weighted by Gasteiger charge is -2.26. The zero-order chi connectivity index (χ0) is 19.1. The van der Waals surface area contributed by atoms with Crippen LogP contribution in [-0.2, 0) is 17.8 Å². The second-order valence-corrected chi connectivity index (χ2v) is 7.29. The van der Waals surface area contributed by atoms with Gasteiger partial charge in [0.1, 0.15) is 23.9 Å². The molecule has 10 heteroatoms. The van der Waals surface area contributed by atoms with E-state index >= 15 is 0 Å². The first-order valence-corrected chi connectivity index (χ1v) is 9.23. The van der Waals surface area contributed by atoms with Crippen molar-refractivity contribution in [3.8, 4) is 0 Å². The number of amides is 1. The summed E-state index contributed by atoms with van der Waals surface area (Å²) in [4.78, 5) is 31.1. The topological polar surface area (TPSA) is 73.0 Å². The summed E-state index contributed by atoms with van der Waals surface area (Å²) in [5.41, 5.74) is -0.125. The number of halogens is 3. The molecule has 0 unspecified atom stereocenters. The van der Waals surface area contributed by atoms with E-state index in [-0.39, 0.29) is 24.0 Å². The lowest BCUT2D eigenvalue weighted by molar-refractivity contribution is -0.134. The van der Waals surface area contributed by atoms with Crippen molar-refractivity contribution >= 4 is 17.5 Å². The van der Waals surface area contributed by atoms with Crippen LogP contribution in [0.25, 0.3) is 0 Å². The minimum Gasteiger partial charge on any atom is -0.338 e. The van der Waals surface area contributed by atoms with Crippen LogP contribution in [0.5, 0.6) is 0 Å². The molecule has 2 atom stereocenters. The van der Waals surface area contributed by atoms with Crippen LogP contribution in [0.2, 0.25) is 5.02 Å². The summed E-state index contributed by atoms with van der Waals surface area (Å²) < 4.78 is 29.2. The Balaban J connectivity index is 1.64. The molecule has 2 aromatic rings. The minimum absolute atomic E-state index is 0.0187. The summed E-state index contributed by atoms with van der Waals surface area (Å²) in [7, 11) is 0. The third kappa shape index (κ3) is 3.36. The van der Waals surface area contributed by atoms with Crippen LogP contribution in [0, 0.1) is 5.82 Å². The number of rotatable bonds is 3. The molecular formula is C17H18ClF2N5O2. The molecule has 1 amide bonds. The normalized spacial score (nSPS) is 22.1. The molecule has 0 bridgehead atoms. The Kier molecular flexibility index (Phi) is 4.71. The van der Waals surface area contributed by atoms with Crippen LogP contribution in [0.1, 0.15) is 36.8 Å². The van der Waals surface area contributed by atoms with Crippen LogP contribution in [0.3, 0.4) is 0 Å². The number of nitrogens with zero attached hydrogens (tertiary/aromatic N) is 5. The molecule has 4 heterocycles. The molecule has 0 aromatic carbocycles. The van der Waals surface area contributed by atoms with Crippen LogP contribution in [0.4, 0.5) is 8.78 Å². The summed E-state index contributed by atoms with van der Waals surface area (Å²) in [5.74, 6) is -0.294. The average Bonchev–Trinajstić information content (AvgIpc) is 3.21. The first-order chi connectivity index (χ1) is 12.9. The van der Waals surface area contributed by atoms with Crippen molar-refractivity contribution < 1.29 is 13.6 Å². The van der Waals surface area contributed by atoms with Gasteiger partial charge in [-0.05, 0) is 25.3 Å². The number of hydrogen-bond acceptors (Lipinski definition) is 4. The molecule has 0 radical (unpaired) electrons. The van der Waals surface area contributed by atoms with Crippen molar-refractivity contribution in [3.63, 3.8) is 0 Å². The third-order valence-corrected chi connectivity index (χ3v) is 5.37. The summed E-state index contributed by atoms with van der Waals surface area (Å²) in [6.07, 6.45) is 2.14. The predicted molar refractivity (Wildman–Crippen MR) is 92.9 cm³/mol. The Morgan fingerprint density at radius 2 is 2.19 bits per heavy atom. The molecule has 2 aliphatic rings. The first kappa shape index (κ1) is 18.1. The van der Waals surface area contributed by atoms with Crippen molar-refractivity contribution in [1.29, 1.82) is 0 Å². The second kappa shape index (κ2) is 7.03. The van der Waals surface area contributed by atoms with Crippen molar-refractivity contribution in [2.24, 2.45) is 0 Å². The van der Waals surface area contributed by atoms with E-state index in [1.54, 1.807) is 0 Å². The van der Waals surface area contributed by atoms with Gasteiger partial charge >= 0.3 is 5.69 Å². The molecule has 7 nitrogen and oxygen atoms in total. The van der Waals surface area contributed by atoms with Gasteiger partial charge in [0.15, 0.2) is 0 Å². The van der Waals surface area contributed by atoms with Gasteiger partial charge in [-0.3, -0.25) is 14.3 Å². The van der Waals surface area contributed by atoms with Gasteiger partial charge in [-0.1, -0.05) is 11.6 Å². The SMILES string of the molecule is O=C([C@@H]1CCCc2nn(Cc3ncc(F)cc3Cl)c(=O)n21)N1CC[C@H](F)C1. The molecule has 144 valence electrons. The van der Waals surface area contributed by atoms with Gasteiger partial charge in [-0.15, -0.1) is 0 Å². The Bertz CT molecular complexity index is 944. The van der Waals surface area contributed by atoms with Crippen LogP contribution in [-0.4, -0.2) is 49.4 Å². The third-order valence-electron chi connectivity index (χ3n) is 5.04. The minimum atomic E-state index is -1.01. The summed E-state index contributed by atoms with van der Waals surface area (Å²) in [5, 5.41) is 4.42. The van der Waals surface area contributed by atoms with Crippen LogP contribution in [0.15, 0.2) is 17.1 Å². The number of carbonyl (C=O) groups excluding carboxylic acids is 1. The maximum absolute atomic E-state index is 13.5. The Hall–Kier alpha value is -2.29. The summed E-state index contributed by atoms with van der Waals surface area (Å²) >= 11 is 5.99. The molecule has 27 heavy (non-hydrogen) atoms. The van der Waals surface area contributed by atoms with E-state index in [0.717, 1.165) is 18.7 Å². The van der Waals surface area contributed by atoms with Gasteiger partial charge in [0.2, 0.25) is 5.91 Å². The molecule has 0 spiro atoms. The van der Waals surface area contributed by atoms with Gasteiger partial charge in [0.05, 0.1) is 30.0 Å². The smallest absolute Gasteiger partial charge is 0.338 e. The van der Waals surface area contributed by atoms with E-state index in [1.165, 1.54) is 14.1 Å². The fraction of sp³-hybridized carbons (Fsp3) is 0.529. The fourth-order valence-corrected chi connectivity index (χ4v) is 3.91. The molecule has 1 fully saturated rings. The number of alkyl halides is 1. The highest BCUT2D eigenvalue weighted by molar-refractivity contribution is 6.31. The Morgan fingerprint density at radius 3 is 2.89 bits per heavy atom. The zero-order valence-corrected chi connectivity index (χ0v) is 15.2. The highest BCUT2D eigenvalue weighted by atomic mass is 35.5. The molecule has 0 saturated carbocycles. The first-order valence-electron chi connectivity index (χ1n) is 8.85. The molecule has 1 saturated heterocycles. The standard InChI is InChI=1S/C17H18ClF2N5O2/c18-12-6-11(20)7-21-13(12)9-24-17(27)25-14(2-1-3-15(25)22-24)16(26)23-5-4-10(19)8-23/h6-7,10,14H,1-5,8-9H2/t10-,14-/m0/s1. The zero-order valence-electron chi connectivity index (χ0n) is 14.4. The molecule has 2 aliphatic heterocycles. The summed E-state index contributed by atoms with van der Waals surface area (Å²) in [6, 6.07) is 0.454. The lowest BCUT2D eigenvalue weighted by Crippen LogP contribution is -2.41. The van der Waals surface area contributed by atoms with Crippen LogP contribution < -0.4 is 5.69 Å². The van der Waals surface area contributed by atoms with Crippen LogP contribution >= 0.6 is 11.6 Å². The van der Waals surface area contributed by atoms with E-state index in [2.05, 4.69) is 10.1 Å². The number of pyridine rings is 1. The monoisotopic (exact) mass is 397 g/mol. The Morgan fingerprint density at radius 1 is 1.37 bits per heavy atom. The second-order valence-electron chi connectivity index (χ2n) is 6.89. The number of aryl methyl sites for hydroxylation is 1. The molecule has 0 aliphatic carbocycles. The van der Waals surface area contributed by atoms with Gasteiger partial charge in [-0.2, -0.15) is 5.10 Å². The quantitative estimate of drug-likeness (QED) is 0.790. The van der Waals surface area contributed by atoms with Gasteiger partial charge < -0.3 is 4.90 Å². The Labute approximate surface area is 158 Å². The average molecular weight is 398 g/mol. The molecular weight excluding hydrogens is 380 g/mol. The largest absolute Gasteiger partial charge is 0.347 e. The maximum atomic E-state index is 13.5. The van der Waals surface area contributed by atoms with Gasteiger partial charge in [-0.25, -0.2) is 18.3 Å². The van der Waals surface area contributed by atoms with E-state index in [0.29, 0.717) is 37.3 Å². The number of aromatic nitrogens is 4. The van der Waals surface area contributed by atoms with Gasteiger partial charge in [0, 0.05) is 13.0 Å². The van der Waals surface area contributed by atoms with Crippen molar-refractivity contribution in [3.05, 3.63) is 45.1 Å². The van der Waals surface area contributed by atoms with E-state index in [1.807, 2.05) is 0 Å². The predicted octanol–water partition coefficient (Wildman–Crippen LogP) is 1.73. The van der Waals surface area contributed by atoms with E-state index in [9.17, 15) is 18.4 Å². The van der Waals surface area contributed by atoms with E-state index < -0.39 is 23.7 Å². The van der Waals surface area contributed by atoms with Crippen molar-refractivity contribution in [1.82, 2.24) is 24.2 Å². The number of likely N-dealkylation sites (tertiary alicyclic amines) is 1. The number of fused-ring (bicyclic) bond motifs is 1. The number of carbonyl (C=O) groups is 1. The van der Waals surface area contributed by atoms with Crippen molar-refractivity contribution in [2.45, 2.75) is 44.4 Å². The lowest BCUT2D eigenvalue weighted by atomic mass is 10.0. The molecule has 4 rings (SSSR count). The highest BCUT2D eigenvalue weighted by Crippen LogP contribution is 2.26.